The molecule has 1 heterocycles. The Morgan fingerprint density at radius 3 is 2.71 bits per heavy atom. The maximum absolute atomic E-state index is 12.5. The highest BCUT2D eigenvalue weighted by molar-refractivity contribution is 5.75. The van der Waals surface area contributed by atoms with Crippen molar-refractivity contribution in [1.82, 2.24) is 20.1 Å². The maximum Gasteiger partial charge on any atom is 0.453 e. The first-order valence-electron chi connectivity index (χ1n) is 7.20. The SMILES string of the molecule is Cc1cccc(OCCNC(=O)Cn2nc(C(F)(F)F)nc2C)c1. The van der Waals surface area contributed by atoms with Crippen molar-refractivity contribution in [2.24, 2.45) is 0 Å². The standard InChI is InChI=1S/C15H17F3N4O2/c1-10-4-3-5-12(8-10)24-7-6-19-13(23)9-22-11(2)20-14(21-22)15(16,17)18/h3-5,8H,6-7,9H2,1-2H3,(H,19,23). The number of ether oxygens (including phenoxy) is 1. The molecular weight excluding hydrogens is 325 g/mol. The molecule has 6 nitrogen and oxygen atoms in total. The summed E-state index contributed by atoms with van der Waals surface area (Å²) in [6, 6.07) is 7.45. The fourth-order valence-electron chi connectivity index (χ4n) is 1.95. The highest BCUT2D eigenvalue weighted by Crippen LogP contribution is 2.26. The van der Waals surface area contributed by atoms with Crippen molar-refractivity contribution in [3.8, 4) is 5.75 Å². The maximum atomic E-state index is 12.5. The molecule has 1 N–H and O–H groups in total. The van der Waals surface area contributed by atoms with Crippen molar-refractivity contribution in [3.63, 3.8) is 0 Å². The van der Waals surface area contributed by atoms with E-state index in [0.717, 1.165) is 10.2 Å². The summed E-state index contributed by atoms with van der Waals surface area (Å²) in [4.78, 5) is 15.1. The zero-order chi connectivity index (χ0) is 17.7. The van der Waals surface area contributed by atoms with Crippen molar-refractivity contribution < 1.29 is 22.7 Å². The molecular formula is C15H17F3N4O2. The first kappa shape index (κ1) is 17.8. The van der Waals surface area contributed by atoms with Gasteiger partial charge in [0, 0.05) is 0 Å². The quantitative estimate of drug-likeness (QED) is 0.817. The molecule has 1 amide bonds. The number of halogens is 3. The van der Waals surface area contributed by atoms with Crippen LogP contribution in [-0.4, -0.2) is 33.8 Å². The number of rotatable bonds is 6. The van der Waals surface area contributed by atoms with Gasteiger partial charge in [-0.25, -0.2) is 9.67 Å². The first-order valence-corrected chi connectivity index (χ1v) is 7.20. The Morgan fingerprint density at radius 2 is 2.08 bits per heavy atom. The summed E-state index contributed by atoms with van der Waals surface area (Å²) in [7, 11) is 0. The number of hydrogen-bond acceptors (Lipinski definition) is 4. The minimum atomic E-state index is -4.63. The summed E-state index contributed by atoms with van der Waals surface area (Å²) < 4.78 is 43.9. The average Bonchev–Trinajstić information content (AvgIpc) is 2.85. The van der Waals surface area contributed by atoms with Gasteiger partial charge in [0.15, 0.2) is 0 Å². The predicted molar refractivity (Wildman–Crippen MR) is 79.4 cm³/mol. The van der Waals surface area contributed by atoms with Crippen molar-refractivity contribution in [2.75, 3.05) is 13.2 Å². The number of nitrogens with one attached hydrogen (secondary N) is 1. The molecule has 0 atom stereocenters. The monoisotopic (exact) mass is 342 g/mol. The lowest BCUT2D eigenvalue weighted by Gasteiger charge is -2.08. The Labute approximate surface area is 136 Å². The van der Waals surface area contributed by atoms with Gasteiger partial charge in [-0.05, 0) is 31.5 Å². The number of aryl methyl sites for hydroxylation is 2. The van der Waals surface area contributed by atoms with E-state index in [1.165, 1.54) is 6.92 Å². The van der Waals surface area contributed by atoms with Crippen LogP contribution in [0.3, 0.4) is 0 Å². The lowest BCUT2D eigenvalue weighted by molar-refractivity contribution is -0.145. The van der Waals surface area contributed by atoms with Crippen molar-refractivity contribution in [2.45, 2.75) is 26.6 Å². The highest BCUT2D eigenvalue weighted by Gasteiger charge is 2.36. The third-order valence-corrected chi connectivity index (χ3v) is 3.09. The van der Waals surface area contributed by atoms with Gasteiger partial charge in [-0.2, -0.15) is 13.2 Å². The second-order valence-electron chi connectivity index (χ2n) is 5.15. The molecule has 2 rings (SSSR count). The number of benzene rings is 1. The Kier molecular flexibility index (Phi) is 5.42. The lowest BCUT2D eigenvalue weighted by atomic mass is 10.2. The highest BCUT2D eigenvalue weighted by atomic mass is 19.4. The molecule has 0 aliphatic carbocycles. The number of aromatic nitrogens is 3. The average molecular weight is 342 g/mol. The molecule has 0 fully saturated rings. The number of amides is 1. The van der Waals surface area contributed by atoms with Gasteiger partial charge in [-0.3, -0.25) is 4.79 Å². The molecule has 0 unspecified atom stereocenters. The number of nitrogens with zero attached hydrogens (tertiary/aromatic N) is 3. The van der Waals surface area contributed by atoms with Gasteiger partial charge >= 0.3 is 6.18 Å². The van der Waals surface area contributed by atoms with E-state index in [0.29, 0.717) is 5.75 Å². The van der Waals surface area contributed by atoms with E-state index < -0.39 is 17.9 Å². The minimum Gasteiger partial charge on any atom is -0.492 e. The molecule has 0 radical (unpaired) electrons. The van der Waals surface area contributed by atoms with Crippen LogP contribution in [0.4, 0.5) is 13.2 Å². The number of alkyl halides is 3. The zero-order valence-electron chi connectivity index (χ0n) is 13.2. The van der Waals surface area contributed by atoms with E-state index in [-0.39, 0.29) is 25.5 Å². The summed E-state index contributed by atoms with van der Waals surface area (Å²) in [6.07, 6.45) is -4.63. The third-order valence-electron chi connectivity index (χ3n) is 3.09. The van der Waals surface area contributed by atoms with Crippen LogP contribution in [0.2, 0.25) is 0 Å². The second-order valence-corrected chi connectivity index (χ2v) is 5.15. The molecule has 130 valence electrons. The van der Waals surface area contributed by atoms with Crippen LogP contribution in [0.1, 0.15) is 17.2 Å². The molecule has 0 spiro atoms. The molecule has 1 aromatic heterocycles. The van der Waals surface area contributed by atoms with Gasteiger partial charge in [-0.15, -0.1) is 5.10 Å². The largest absolute Gasteiger partial charge is 0.492 e. The Hall–Kier alpha value is -2.58. The van der Waals surface area contributed by atoms with Crippen molar-refractivity contribution in [3.05, 3.63) is 41.5 Å². The van der Waals surface area contributed by atoms with Gasteiger partial charge in [0.2, 0.25) is 5.91 Å². The minimum absolute atomic E-state index is 0.0217. The van der Waals surface area contributed by atoms with Gasteiger partial charge in [0.1, 0.15) is 24.7 Å². The zero-order valence-corrected chi connectivity index (χ0v) is 13.2. The normalized spacial score (nSPS) is 11.4. The van der Waals surface area contributed by atoms with E-state index in [2.05, 4.69) is 15.4 Å². The molecule has 0 saturated carbocycles. The molecule has 0 aliphatic heterocycles. The van der Waals surface area contributed by atoms with Crippen LogP contribution in [-0.2, 0) is 17.5 Å². The summed E-state index contributed by atoms with van der Waals surface area (Å²) in [5, 5.41) is 5.85. The fraction of sp³-hybridized carbons (Fsp3) is 0.400. The second kappa shape index (κ2) is 7.33. The number of carbonyl (C=O) groups is 1. The predicted octanol–water partition coefficient (Wildman–Crippen LogP) is 2.11. The Bertz CT molecular complexity index is 713. The van der Waals surface area contributed by atoms with Crippen LogP contribution in [0, 0.1) is 13.8 Å². The molecule has 0 aliphatic rings. The molecule has 2 aromatic rings. The molecule has 1 aromatic carbocycles. The van der Waals surface area contributed by atoms with Crippen molar-refractivity contribution in [1.29, 1.82) is 0 Å². The number of hydrogen-bond donors (Lipinski definition) is 1. The van der Waals surface area contributed by atoms with E-state index in [1.54, 1.807) is 6.07 Å². The molecule has 24 heavy (non-hydrogen) atoms. The van der Waals surface area contributed by atoms with Crippen LogP contribution in [0.5, 0.6) is 5.75 Å². The van der Waals surface area contributed by atoms with E-state index >= 15 is 0 Å². The number of carbonyl (C=O) groups excluding carboxylic acids is 1. The van der Waals surface area contributed by atoms with E-state index in [1.807, 2.05) is 25.1 Å². The van der Waals surface area contributed by atoms with Gasteiger partial charge in [-0.1, -0.05) is 12.1 Å². The molecule has 9 heteroatoms. The van der Waals surface area contributed by atoms with Crippen LogP contribution in [0.25, 0.3) is 0 Å². The van der Waals surface area contributed by atoms with E-state index in [4.69, 9.17) is 4.74 Å². The summed E-state index contributed by atoms with van der Waals surface area (Å²) in [5.41, 5.74) is 1.05. The Balaban J connectivity index is 1.78. The topological polar surface area (TPSA) is 69.0 Å². The smallest absolute Gasteiger partial charge is 0.453 e. The summed E-state index contributed by atoms with van der Waals surface area (Å²) in [6.45, 7) is 3.44. The third kappa shape index (κ3) is 4.97. The molecule has 0 saturated heterocycles. The van der Waals surface area contributed by atoms with Gasteiger partial charge in [0.25, 0.3) is 5.82 Å². The first-order chi connectivity index (χ1) is 11.3. The van der Waals surface area contributed by atoms with Crippen molar-refractivity contribution >= 4 is 5.91 Å². The summed E-state index contributed by atoms with van der Waals surface area (Å²) in [5.74, 6) is -1.01. The molecule has 0 bridgehead atoms. The lowest BCUT2D eigenvalue weighted by Crippen LogP contribution is -2.31. The van der Waals surface area contributed by atoms with Crippen LogP contribution in [0.15, 0.2) is 24.3 Å². The van der Waals surface area contributed by atoms with Crippen LogP contribution < -0.4 is 10.1 Å². The van der Waals surface area contributed by atoms with E-state index in [9.17, 15) is 18.0 Å². The fourth-order valence-corrected chi connectivity index (χ4v) is 1.95. The van der Waals surface area contributed by atoms with Crippen LogP contribution >= 0.6 is 0 Å². The summed E-state index contributed by atoms with van der Waals surface area (Å²) >= 11 is 0. The van der Waals surface area contributed by atoms with Gasteiger partial charge < -0.3 is 10.1 Å². The van der Waals surface area contributed by atoms with Gasteiger partial charge in [0.05, 0.1) is 6.54 Å². The Morgan fingerprint density at radius 1 is 1.33 bits per heavy atom.